The van der Waals surface area contributed by atoms with E-state index in [9.17, 15) is 0 Å². The van der Waals surface area contributed by atoms with Crippen LogP contribution in [0.1, 0.15) is 10.4 Å². The van der Waals surface area contributed by atoms with Gasteiger partial charge in [-0.25, -0.2) is 9.97 Å². The van der Waals surface area contributed by atoms with Crippen molar-refractivity contribution in [1.29, 1.82) is 0 Å². The third kappa shape index (κ3) is 2.46. The lowest BCUT2D eigenvalue weighted by Gasteiger charge is -2.08. The van der Waals surface area contributed by atoms with Crippen LogP contribution in [0.2, 0.25) is 10.0 Å². The Kier molecular flexibility index (Phi) is 3.54. The summed E-state index contributed by atoms with van der Waals surface area (Å²) in [4.78, 5) is 10.9. The Labute approximate surface area is 130 Å². The Hall–Kier alpha value is -1.36. The van der Waals surface area contributed by atoms with Crippen LogP contribution in [0, 0.1) is 13.8 Å². The molecule has 0 spiro atoms. The van der Waals surface area contributed by atoms with E-state index in [1.54, 1.807) is 23.7 Å². The molecule has 0 fully saturated rings. The van der Waals surface area contributed by atoms with E-state index >= 15 is 0 Å². The molecule has 102 valence electrons. The molecule has 1 aromatic carbocycles. The summed E-state index contributed by atoms with van der Waals surface area (Å²) in [6.45, 7) is 4.16. The van der Waals surface area contributed by atoms with Crippen LogP contribution in [0.4, 0.5) is 11.5 Å². The highest BCUT2D eigenvalue weighted by molar-refractivity contribution is 7.18. The molecule has 3 rings (SSSR count). The number of hydrogen-bond donors (Lipinski definition) is 1. The van der Waals surface area contributed by atoms with Crippen molar-refractivity contribution in [2.45, 2.75) is 13.8 Å². The van der Waals surface area contributed by atoms with Crippen LogP contribution >= 0.6 is 34.5 Å². The van der Waals surface area contributed by atoms with Crippen molar-refractivity contribution < 1.29 is 0 Å². The zero-order valence-electron chi connectivity index (χ0n) is 10.9. The van der Waals surface area contributed by atoms with Crippen molar-refractivity contribution in [1.82, 2.24) is 9.97 Å². The molecule has 0 aliphatic carbocycles. The molecule has 0 saturated carbocycles. The van der Waals surface area contributed by atoms with Gasteiger partial charge in [0.1, 0.15) is 17.0 Å². The highest BCUT2D eigenvalue weighted by atomic mass is 35.5. The van der Waals surface area contributed by atoms with Gasteiger partial charge in [-0.15, -0.1) is 11.3 Å². The van der Waals surface area contributed by atoms with Gasteiger partial charge in [0.05, 0.1) is 5.39 Å². The number of aryl methyl sites for hydroxylation is 2. The maximum atomic E-state index is 6.01. The van der Waals surface area contributed by atoms with Gasteiger partial charge in [0, 0.05) is 20.6 Å². The number of aromatic nitrogens is 2. The zero-order chi connectivity index (χ0) is 14.3. The summed E-state index contributed by atoms with van der Waals surface area (Å²) in [5.74, 6) is 0.773. The van der Waals surface area contributed by atoms with Gasteiger partial charge in [0.15, 0.2) is 0 Å². The van der Waals surface area contributed by atoms with E-state index in [2.05, 4.69) is 29.1 Å². The minimum Gasteiger partial charge on any atom is -0.339 e. The number of hydrogen-bond acceptors (Lipinski definition) is 4. The van der Waals surface area contributed by atoms with Crippen molar-refractivity contribution in [3.05, 3.63) is 45.0 Å². The van der Waals surface area contributed by atoms with E-state index in [-0.39, 0.29) is 0 Å². The minimum absolute atomic E-state index is 0.587. The van der Waals surface area contributed by atoms with Crippen LogP contribution in [0.25, 0.3) is 10.2 Å². The Morgan fingerprint density at radius 2 is 1.75 bits per heavy atom. The lowest BCUT2D eigenvalue weighted by atomic mass is 10.2. The number of halogens is 2. The van der Waals surface area contributed by atoms with Gasteiger partial charge in [-0.3, -0.25) is 0 Å². The second-order valence-corrected chi connectivity index (χ2v) is 6.54. The lowest BCUT2D eigenvalue weighted by Crippen LogP contribution is -1.95. The molecule has 1 N–H and O–H groups in total. The first-order chi connectivity index (χ1) is 9.54. The lowest BCUT2D eigenvalue weighted by molar-refractivity contribution is 1.22. The van der Waals surface area contributed by atoms with Gasteiger partial charge in [-0.1, -0.05) is 23.2 Å². The predicted octanol–water partition coefficient (Wildman–Crippen LogP) is 5.36. The third-order valence-electron chi connectivity index (χ3n) is 3.09. The Bertz CT molecular complexity index is 778. The molecule has 0 radical (unpaired) electrons. The second kappa shape index (κ2) is 5.20. The quantitative estimate of drug-likeness (QED) is 0.690. The van der Waals surface area contributed by atoms with Gasteiger partial charge < -0.3 is 5.32 Å². The number of benzene rings is 1. The Balaban J connectivity index is 2.10. The van der Waals surface area contributed by atoms with Gasteiger partial charge in [-0.05, 0) is 37.6 Å². The number of nitrogens with one attached hydrogen (secondary N) is 1. The van der Waals surface area contributed by atoms with E-state index in [0.717, 1.165) is 21.7 Å². The van der Waals surface area contributed by atoms with Crippen LogP contribution in [-0.4, -0.2) is 9.97 Å². The van der Waals surface area contributed by atoms with Gasteiger partial charge in [0.2, 0.25) is 0 Å². The summed E-state index contributed by atoms with van der Waals surface area (Å²) < 4.78 is 0. The monoisotopic (exact) mass is 323 g/mol. The maximum Gasteiger partial charge on any atom is 0.142 e. The van der Waals surface area contributed by atoms with E-state index in [1.165, 1.54) is 10.4 Å². The molecule has 0 amide bonds. The first kappa shape index (κ1) is 13.6. The maximum absolute atomic E-state index is 6.01. The summed E-state index contributed by atoms with van der Waals surface area (Å²) in [5, 5.41) is 5.49. The molecule has 3 aromatic rings. The minimum atomic E-state index is 0.587. The standard InChI is InChI=1S/C14H11Cl2N3S/c1-7-8(2)20-14-12(7)13(17-6-18-14)19-11-4-9(15)3-10(16)5-11/h3-6H,1-2H3,(H,17,18,19). The predicted molar refractivity (Wildman–Crippen MR) is 86.6 cm³/mol. The summed E-state index contributed by atoms with van der Waals surface area (Å²) in [6.07, 6.45) is 1.56. The normalized spacial score (nSPS) is 11.0. The summed E-state index contributed by atoms with van der Waals surface area (Å²) in [5.41, 5.74) is 2.01. The van der Waals surface area contributed by atoms with Gasteiger partial charge >= 0.3 is 0 Å². The number of nitrogens with zero attached hydrogens (tertiary/aromatic N) is 2. The van der Waals surface area contributed by atoms with Crippen molar-refractivity contribution in [2.75, 3.05) is 5.32 Å². The summed E-state index contributed by atoms with van der Waals surface area (Å²) in [6, 6.07) is 5.33. The van der Waals surface area contributed by atoms with Crippen molar-refractivity contribution in [3.8, 4) is 0 Å². The zero-order valence-corrected chi connectivity index (χ0v) is 13.2. The molecule has 2 aromatic heterocycles. The topological polar surface area (TPSA) is 37.8 Å². The fourth-order valence-electron chi connectivity index (χ4n) is 2.04. The van der Waals surface area contributed by atoms with Crippen LogP contribution in [0.15, 0.2) is 24.5 Å². The van der Waals surface area contributed by atoms with Crippen LogP contribution in [-0.2, 0) is 0 Å². The summed E-state index contributed by atoms with van der Waals surface area (Å²) >= 11 is 13.7. The number of rotatable bonds is 2. The second-order valence-electron chi connectivity index (χ2n) is 4.47. The molecule has 0 saturated heterocycles. The molecule has 0 atom stereocenters. The summed E-state index contributed by atoms with van der Waals surface area (Å²) in [7, 11) is 0. The molecular formula is C14H11Cl2N3S. The van der Waals surface area contributed by atoms with Gasteiger partial charge in [0.25, 0.3) is 0 Å². The third-order valence-corrected chi connectivity index (χ3v) is 4.64. The molecule has 0 unspecified atom stereocenters. The molecule has 20 heavy (non-hydrogen) atoms. The van der Waals surface area contributed by atoms with E-state index in [0.29, 0.717) is 10.0 Å². The van der Waals surface area contributed by atoms with Crippen LogP contribution < -0.4 is 5.32 Å². The Morgan fingerprint density at radius 1 is 1.05 bits per heavy atom. The highest BCUT2D eigenvalue weighted by Gasteiger charge is 2.12. The first-order valence-electron chi connectivity index (χ1n) is 5.98. The molecule has 2 heterocycles. The molecule has 0 aliphatic heterocycles. The van der Waals surface area contributed by atoms with E-state index < -0.39 is 0 Å². The van der Waals surface area contributed by atoms with E-state index in [4.69, 9.17) is 23.2 Å². The fraction of sp³-hybridized carbons (Fsp3) is 0.143. The van der Waals surface area contributed by atoms with Gasteiger partial charge in [-0.2, -0.15) is 0 Å². The largest absolute Gasteiger partial charge is 0.339 e. The average Bonchev–Trinajstić information content (AvgIpc) is 2.65. The molecule has 3 nitrogen and oxygen atoms in total. The first-order valence-corrected chi connectivity index (χ1v) is 7.55. The number of anilines is 2. The van der Waals surface area contributed by atoms with Crippen molar-refractivity contribution in [2.24, 2.45) is 0 Å². The molecule has 0 aliphatic rings. The highest BCUT2D eigenvalue weighted by Crippen LogP contribution is 2.34. The van der Waals surface area contributed by atoms with Crippen LogP contribution in [0.5, 0.6) is 0 Å². The Morgan fingerprint density at radius 3 is 2.45 bits per heavy atom. The van der Waals surface area contributed by atoms with Crippen molar-refractivity contribution >= 4 is 56.3 Å². The van der Waals surface area contributed by atoms with Crippen LogP contribution in [0.3, 0.4) is 0 Å². The smallest absolute Gasteiger partial charge is 0.142 e. The number of fused-ring (bicyclic) bond motifs is 1. The number of thiophene rings is 1. The molecule has 6 heteroatoms. The van der Waals surface area contributed by atoms with E-state index in [1.807, 2.05) is 12.1 Å². The fourth-order valence-corrected chi connectivity index (χ4v) is 3.56. The molecular weight excluding hydrogens is 313 g/mol. The SMILES string of the molecule is Cc1sc2ncnc(Nc3cc(Cl)cc(Cl)c3)c2c1C. The molecule has 0 bridgehead atoms. The van der Waals surface area contributed by atoms with Crippen molar-refractivity contribution in [3.63, 3.8) is 0 Å². The average molecular weight is 324 g/mol.